The van der Waals surface area contributed by atoms with Gasteiger partial charge in [0.1, 0.15) is 17.3 Å². The summed E-state index contributed by atoms with van der Waals surface area (Å²) in [5.41, 5.74) is 2.72. The molecule has 1 saturated heterocycles. The predicted octanol–water partition coefficient (Wildman–Crippen LogP) is 6.88. The Hall–Kier alpha value is -3.64. The van der Waals surface area contributed by atoms with E-state index in [2.05, 4.69) is 5.32 Å². The molecule has 4 aromatic carbocycles. The molecule has 1 fully saturated rings. The number of ether oxygens (including phenoxy) is 2. The first kappa shape index (κ1) is 22.8. The minimum absolute atomic E-state index is 0.0346. The maximum Gasteiger partial charge on any atom is 0.168 e. The van der Waals surface area contributed by atoms with E-state index in [1.54, 1.807) is 12.1 Å². The highest BCUT2D eigenvalue weighted by molar-refractivity contribution is 5.95. The second kappa shape index (κ2) is 9.43. The van der Waals surface area contributed by atoms with Gasteiger partial charge in [-0.05, 0) is 78.0 Å². The fourth-order valence-corrected chi connectivity index (χ4v) is 5.38. The van der Waals surface area contributed by atoms with Crippen molar-refractivity contribution < 1.29 is 23.4 Å². The molecule has 4 aromatic rings. The third-order valence-corrected chi connectivity index (χ3v) is 7.17. The lowest BCUT2D eigenvalue weighted by atomic mass is 9.86. The number of nitrogens with one attached hydrogen (secondary N) is 1. The second-order valence-corrected chi connectivity index (χ2v) is 9.55. The van der Waals surface area contributed by atoms with E-state index in [1.165, 1.54) is 25.3 Å². The molecule has 2 atom stereocenters. The zero-order valence-electron chi connectivity index (χ0n) is 19.8. The highest BCUT2D eigenvalue weighted by atomic mass is 19.1. The molecule has 0 aliphatic carbocycles. The Balaban J connectivity index is 1.34. The third-order valence-electron chi connectivity index (χ3n) is 7.17. The molecule has 2 heterocycles. The average molecular weight is 488 g/mol. The topological polar surface area (TPSA) is 50.7 Å². The number of piperidine rings is 1. The molecule has 6 heteroatoms. The molecule has 2 aliphatic heterocycles. The van der Waals surface area contributed by atoms with E-state index in [9.17, 15) is 13.9 Å². The lowest BCUT2D eigenvalue weighted by Gasteiger charge is -2.31. The number of fused-ring (bicyclic) bond motifs is 5. The number of benzene rings is 4. The van der Waals surface area contributed by atoms with Crippen LogP contribution in [0.5, 0.6) is 17.2 Å². The van der Waals surface area contributed by atoms with E-state index in [1.807, 2.05) is 42.5 Å². The molecule has 0 spiro atoms. The molecule has 36 heavy (non-hydrogen) atoms. The summed E-state index contributed by atoms with van der Waals surface area (Å²) < 4.78 is 41.2. The third kappa shape index (κ3) is 4.26. The summed E-state index contributed by atoms with van der Waals surface area (Å²) in [5, 5.41) is 15.2. The number of phenols is 1. The first-order chi connectivity index (χ1) is 17.6. The maximum atomic E-state index is 14.8. The molecule has 0 radical (unpaired) electrons. The molecular weight excluding hydrogens is 460 g/mol. The highest BCUT2D eigenvalue weighted by Gasteiger charge is 2.32. The van der Waals surface area contributed by atoms with Crippen molar-refractivity contribution in [2.24, 2.45) is 0 Å². The molecule has 0 amide bonds. The van der Waals surface area contributed by atoms with Crippen molar-refractivity contribution in [3.63, 3.8) is 0 Å². The largest absolute Gasteiger partial charge is 0.508 e. The van der Waals surface area contributed by atoms with Gasteiger partial charge in [0.2, 0.25) is 0 Å². The van der Waals surface area contributed by atoms with Gasteiger partial charge in [-0.1, -0.05) is 36.8 Å². The lowest BCUT2D eigenvalue weighted by molar-refractivity contribution is 0.232. The summed E-state index contributed by atoms with van der Waals surface area (Å²) >= 11 is 0. The van der Waals surface area contributed by atoms with Gasteiger partial charge in [0.05, 0.1) is 6.61 Å². The Morgan fingerprint density at radius 2 is 1.81 bits per heavy atom. The Morgan fingerprint density at radius 3 is 2.61 bits per heavy atom. The van der Waals surface area contributed by atoms with E-state index >= 15 is 0 Å². The summed E-state index contributed by atoms with van der Waals surface area (Å²) in [6, 6.07) is 19.1. The molecule has 2 unspecified atom stereocenters. The fraction of sp³-hybridized carbons (Fsp3) is 0.267. The Kier molecular flexibility index (Phi) is 5.97. The van der Waals surface area contributed by atoms with Crippen LogP contribution in [-0.2, 0) is 0 Å². The van der Waals surface area contributed by atoms with Gasteiger partial charge >= 0.3 is 0 Å². The van der Waals surface area contributed by atoms with Crippen LogP contribution in [-0.4, -0.2) is 24.3 Å². The van der Waals surface area contributed by atoms with Crippen LogP contribution in [0, 0.1) is 11.6 Å². The normalized spacial score (nSPS) is 18.8. The molecular formula is C30H27F2NO3. The summed E-state index contributed by atoms with van der Waals surface area (Å²) in [7, 11) is 0. The van der Waals surface area contributed by atoms with Crippen molar-refractivity contribution in [3.05, 3.63) is 89.5 Å². The molecule has 2 aliphatic rings. The zero-order chi connectivity index (χ0) is 24.6. The van der Waals surface area contributed by atoms with Crippen LogP contribution < -0.4 is 14.8 Å². The minimum atomic E-state index is -0.734. The monoisotopic (exact) mass is 487 g/mol. The van der Waals surface area contributed by atoms with Crippen molar-refractivity contribution in [1.82, 2.24) is 5.32 Å². The number of hydrogen-bond donors (Lipinski definition) is 2. The van der Waals surface area contributed by atoms with Gasteiger partial charge < -0.3 is 19.9 Å². The summed E-state index contributed by atoms with van der Waals surface area (Å²) in [4.78, 5) is 0. The van der Waals surface area contributed by atoms with Crippen molar-refractivity contribution in [2.75, 3.05) is 13.2 Å². The first-order valence-corrected chi connectivity index (χ1v) is 12.4. The summed E-state index contributed by atoms with van der Waals surface area (Å²) in [5.74, 6) is -0.440. The summed E-state index contributed by atoms with van der Waals surface area (Å²) in [6.07, 6.45) is 4.05. The van der Waals surface area contributed by atoms with Gasteiger partial charge in [0.25, 0.3) is 0 Å². The summed E-state index contributed by atoms with van der Waals surface area (Å²) in [6.45, 7) is 1.71. The number of phenolic OH excluding ortho intramolecular Hbond substituents is 1. The fourth-order valence-electron chi connectivity index (χ4n) is 5.38. The van der Waals surface area contributed by atoms with E-state index < -0.39 is 17.7 Å². The molecule has 184 valence electrons. The molecule has 0 aromatic heterocycles. The second-order valence-electron chi connectivity index (χ2n) is 9.55. The molecule has 0 bridgehead atoms. The van der Waals surface area contributed by atoms with Gasteiger partial charge in [0, 0.05) is 23.2 Å². The van der Waals surface area contributed by atoms with Crippen LogP contribution in [0.25, 0.3) is 21.9 Å². The Morgan fingerprint density at radius 1 is 0.944 bits per heavy atom. The van der Waals surface area contributed by atoms with E-state index in [0.717, 1.165) is 46.7 Å². The van der Waals surface area contributed by atoms with Crippen LogP contribution in [0.1, 0.15) is 42.9 Å². The first-order valence-electron chi connectivity index (χ1n) is 12.4. The maximum absolute atomic E-state index is 14.8. The smallest absolute Gasteiger partial charge is 0.168 e. The van der Waals surface area contributed by atoms with Crippen LogP contribution in [0.2, 0.25) is 0 Å². The molecule has 0 saturated carbocycles. The van der Waals surface area contributed by atoms with Gasteiger partial charge in [-0.3, -0.25) is 0 Å². The van der Waals surface area contributed by atoms with Gasteiger partial charge in [0.15, 0.2) is 17.7 Å². The Bertz CT molecular complexity index is 1410. The van der Waals surface area contributed by atoms with Crippen molar-refractivity contribution >= 4 is 10.8 Å². The van der Waals surface area contributed by atoms with Gasteiger partial charge in [-0.15, -0.1) is 0 Å². The van der Waals surface area contributed by atoms with Crippen LogP contribution in [0.4, 0.5) is 8.78 Å². The lowest BCUT2D eigenvalue weighted by Crippen LogP contribution is -2.35. The number of rotatable bonds is 5. The van der Waals surface area contributed by atoms with Crippen molar-refractivity contribution in [2.45, 2.75) is 37.8 Å². The number of halogens is 2. The van der Waals surface area contributed by atoms with Crippen LogP contribution in [0.3, 0.4) is 0 Å². The van der Waals surface area contributed by atoms with E-state index in [4.69, 9.17) is 9.47 Å². The zero-order valence-corrected chi connectivity index (χ0v) is 19.8. The quantitative estimate of drug-likeness (QED) is 0.322. The van der Waals surface area contributed by atoms with Crippen LogP contribution >= 0.6 is 0 Å². The van der Waals surface area contributed by atoms with Crippen LogP contribution in [0.15, 0.2) is 66.7 Å². The average Bonchev–Trinajstić information content (AvgIpc) is 2.89. The molecule has 6 rings (SSSR count). The van der Waals surface area contributed by atoms with Gasteiger partial charge in [-0.25, -0.2) is 8.78 Å². The SMILES string of the molecule is Oc1ccc2c3c(ccc2c1)-c1cc(F)cc(F)c1OC3c1ccc(OCCC2CCCCN2)cc1. The van der Waals surface area contributed by atoms with E-state index in [0.29, 0.717) is 23.8 Å². The standard InChI is InChI=1S/C30H27F2NO3/c31-20-16-26-25-10-6-19-15-22(34)7-11-24(19)28(25)29(36-30(26)27(32)17-20)18-4-8-23(9-5-18)35-14-12-21-3-1-2-13-33-21/h4-11,15-17,21,29,33-34H,1-3,12-14H2. The van der Waals surface area contributed by atoms with Gasteiger partial charge in [-0.2, -0.15) is 0 Å². The number of aromatic hydroxyl groups is 1. The number of hydrogen-bond acceptors (Lipinski definition) is 4. The van der Waals surface area contributed by atoms with Crippen molar-refractivity contribution in [1.29, 1.82) is 0 Å². The van der Waals surface area contributed by atoms with Crippen molar-refractivity contribution in [3.8, 4) is 28.4 Å². The molecule has 2 N–H and O–H groups in total. The highest BCUT2D eigenvalue weighted by Crippen LogP contribution is 2.49. The Labute approximate surface area is 208 Å². The molecule has 4 nitrogen and oxygen atoms in total. The minimum Gasteiger partial charge on any atom is -0.508 e. The van der Waals surface area contributed by atoms with E-state index in [-0.39, 0.29) is 11.5 Å². The predicted molar refractivity (Wildman–Crippen MR) is 136 cm³/mol.